The Kier molecular flexibility index (Phi) is 4.25. The monoisotopic (exact) mass is 307 g/mol. The molecule has 0 unspecified atom stereocenters. The van der Waals surface area contributed by atoms with Crippen LogP contribution in [0.1, 0.15) is 48.0 Å². The average Bonchev–Trinajstić information content (AvgIpc) is 2.94. The number of anilines is 1. The average molecular weight is 307 g/mol. The second-order valence-corrected chi connectivity index (χ2v) is 5.85. The van der Waals surface area contributed by atoms with E-state index in [2.05, 4.69) is 10.5 Å². The summed E-state index contributed by atoms with van der Waals surface area (Å²) in [5, 5.41) is 21.3. The highest BCUT2D eigenvalue weighted by molar-refractivity contribution is 6.10. The zero-order chi connectivity index (χ0) is 16.2. The van der Waals surface area contributed by atoms with Crippen LogP contribution in [-0.2, 0) is 6.54 Å². The molecule has 23 heavy (non-hydrogen) atoms. The molecule has 6 nitrogen and oxygen atoms in total. The van der Waals surface area contributed by atoms with Gasteiger partial charge >= 0.3 is 0 Å². The van der Waals surface area contributed by atoms with Crippen molar-refractivity contribution in [2.75, 3.05) is 5.43 Å². The van der Waals surface area contributed by atoms with Crippen LogP contribution < -0.4 is 5.43 Å². The van der Waals surface area contributed by atoms with Crippen molar-refractivity contribution in [1.29, 1.82) is 10.5 Å². The van der Waals surface area contributed by atoms with E-state index in [1.165, 1.54) is 19.3 Å². The summed E-state index contributed by atoms with van der Waals surface area (Å²) in [5.41, 5.74) is 4.77. The molecule has 6 heteroatoms. The van der Waals surface area contributed by atoms with Crippen LogP contribution in [0, 0.1) is 22.7 Å². The maximum Gasteiger partial charge on any atom is 0.254 e. The van der Waals surface area contributed by atoms with Crippen LogP contribution in [0.5, 0.6) is 0 Å². The molecule has 1 fully saturated rings. The molecule has 1 N–H and O–H groups in total. The van der Waals surface area contributed by atoms with E-state index in [4.69, 9.17) is 10.5 Å². The van der Waals surface area contributed by atoms with Crippen molar-refractivity contribution in [3.8, 4) is 12.1 Å². The first-order chi connectivity index (χ1) is 11.2. The van der Waals surface area contributed by atoms with Gasteiger partial charge in [0.2, 0.25) is 5.71 Å². The van der Waals surface area contributed by atoms with Crippen molar-refractivity contribution < 1.29 is 4.79 Å². The zero-order valence-corrected chi connectivity index (χ0v) is 12.7. The van der Waals surface area contributed by atoms with E-state index in [1.807, 2.05) is 17.0 Å². The van der Waals surface area contributed by atoms with Crippen molar-refractivity contribution >= 4 is 17.3 Å². The Hall–Kier alpha value is -2.86. The van der Waals surface area contributed by atoms with Crippen LogP contribution in [0.15, 0.2) is 23.3 Å². The Labute approximate surface area is 135 Å². The fourth-order valence-corrected chi connectivity index (χ4v) is 3.34. The number of nitriles is 2. The molecular weight excluding hydrogens is 290 g/mol. The summed E-state index contributed by atoms with van der Waals surface area (Å²) in [4.78, 5) is 14.6. The first-order valence-corrected chi connectivity index (χ1v) is 7.81. The molecule has 3 rings (SSSR count). The van der Waals surface area contributed by atoms with Gasteiger partial charge in [-0.2, -0.15) is 15.6 Å². The zero-order valence-electron chi connectivity index (χ0n) is 12.7. The predicted octanol–water partition coefficient (Wildman–Crippen LogP) is 2.79. The number of amides is 1. The normalized spacial score (nSPS) is 17.1. The third-order valence-electron chi connectivity index (χ3n) is 4.51. The minimum absolute atomic E-state index is 0.0697. The van der Waals surface area contributed by atoms with Crippen LogP contribution >= 0.6 is 0 Å². The van der Waals surface area contributed by atoms with Gasteiger partial charge in [-0.25, -0.2) is 0 Å². The molecule has 1 aliphatic heterocycles. The number of fused-ring (bicyclic) bond motifs is 1. The van der Waals surface area contributed by atoms with Gasteiger partial charge in [-0.15, -0.1) is 0 Å². The van der Waals surface area contributed by atoms with E-state index in [-0.39, 0.29) is 11.6 Å². The summed E-state index contributed by atoms with van der Waals surface area (Å²) in [6.07, 6.45) is 5.72. The van der Waals surface area contributed by atoms with Crippen molar-refractivity contribution in [1.82, 2.24) is 4.90 Å². The maximum absolute atomic E-state index is 12.7. The topological polar surface area (TPSA) is 92.3 Å². The van der Waals surface area contributed by atoms with Gasteiger partial charge in [-0.1, -0.05) is 25.3 Å². The largest absolute Gasteiger partial charge is 0.331 e. The number of nitrogens with zero attached hydrogens (tertiary/aromatic N) is 4. The summed E-state index contributed by atoms with van der Waals surface area (Å²) >= 11 is 0. The van der Waals surface area contributed by atoms with Gasteiger partial charge in [0.05, 0.1) is 5.69 Å². The van der Waals surface area contributed by atoms with Crippen molar-refractivity contribution in [2.24, 2.45) is 5.10 Å². The molecule has 1 aromatic rings. The first-order valence-electron chi connectivity index (χ1n) is 7.81. The van der Waals surface area contributed by atoms with Gasteiger partial charge in [0, 0.05) is 23.7 Å². The van der Waals surface area contributed by atoms with Gasteiger partial charge in [0.1, 0.15) is 12.1 Å². The van der Waals surface area contributed by atoms with Crippen molar-refractivity contribution in [2.45, 2.75) is 44.7 Å². The highest BCUT2D eigenvalue weighted by Gasteiger charge is 2.34. The fraction of sp³-hybridized carbons (Fsp3) is 0.412. The van der Waals surface area contributed by atoms with Gasteiger partial charge in [-0.3, -0.25) is 10.2 Å². The minimum Gasteiger partial charge on any atom is -0.331 e. The summed E-state index contributed by atoms with van der Waals surface area (Å²) in [7, 11) is 0. The Morgan fingerprint density at radius 2 is 1.96 bits per heavy atom. The molecule has 1 aliphatic carbocycles. The Bertz CT molecular complexity index is 718. The summed E-state index contributed by atoms with van der Waals surface area (Å²) in [6, 6.07) is 9.15. The third kappa shape index (κ3) is 2.89. The van der Waals surface area contributed by atoms with Crippen LogP contribution in [0.4, 0.5) is 5.69 Å². The van der Waals surface area contributed by atoms with Gasteiger partial charge in [0.15, 0.2) is 0 Å². The molecule has 1 amide bonds. The SMILES string of the molecule is N#CC(C#N)=NNc1cccc2c1CN(C1CCCCC1)C2=O. The van der Waals surface area contributed by atoms with E-state index < -0.39 is 0 Å². The number of hydrogen-bond acceptors (Lipinski definition) is 5. The number of carbonyl (C=O) groups excluding carboxylic acids is 1. The maximum atomic E-state index is 12.7. The highest BCUT2D eigenvalue weighted by Crippen LogP contribution is 2.34. The summed E-state index contributed by atoms with van der Waals surface area (Å²) < 4.78 is 0. The van der Waals surface area contributed by atoms with E-state index in [0.29, 0.717) is 23.8 Å². The smallest absolute Gasteiger partial charge is 0.254 e. The molecule has 1 saturated carbocycles. The van der Waals surface area contributed by atoms with Crippen LogP contribution in [0.2, 0.25) is 0 Å². The standard InChI is InChI=1S/C17H17N5O/c18-9-12(10-19)20-21-16-8-4-7-14-15(16)11-22(17(14)23)13-5-2-1-3-6-13/h4,7-8,13,21H,1-3,5-6,11H2. The molecule has 1 aromatic carbocycles. The van der Waals surface area contributed by atoms with Gasteiger partial charge in [0.25, 0.3) is 5.91 Å². The van der Waals surface area contributed by atoms with Crippen molar-refractivity contribution in [3.63, 3.8) is 0 Å². The predicted molar refractivity (Wildman–Crippen MR) is 85.5 cm³/mol. The molecule has 2 aliphatic rings. The van der Waals surface area contributed by atoms with E-state index >= 15 is 0 Å². The molecule has 0 bridgehead atoms. The minimum atomic E-state index is -0.240. The number of benzene rings is 1. The van der Waals surface area contributed by atoms with Crippen molar-refractivity contribution in [3.05, 3.63) is 29.3 Å². The molecule has 0 spiro atoms. The lowest BCUT2D eigenvalue weighted by Gasteiger charge is -2.30. The number of hydrazone groups is 1. The molecule has 116 valence electrons. The van der Waals surface area contributed by atoms with E-state index in [0.717, 1.165) is 18.4 Å². The van der Waals surface area contributed by atoms with Gasteiger partial charge < -0.3 is 4.90 Å². The Morgan fingerprint density at radius 3 is 2.65 bits per heavy atom. The first kappa shape index (κ1) is 15.1. The molecule has 0 saturated heterocycles. The number of nitrogens with one attached hydrogen (secondary N) is 1. The molecular formula is C17H17N5O. The van der Waals surface area contributed by atoms with E-state index in [1.54, 1.807) is 18.2 Å². The second kappa shape index (κ2) is 6.50. The quantitative estimate of drug-likeness (QED) is 0.686. The van der Waals surface area contributed by atoms with Crippen LogP contribution in [0.3, 0.4) is 0 Å². The number of hydrogen-bond donors (Lipinski definition) is 1. The number of rotatable bonds is 3. The van der Waals surface area contributed by atoms with Crippen LogP contribution in [-0.4, -0.2) is 22.6 Å². The molecule has 0 aromatic heterocycles. The lowest BCUT2D eigenvalue weighted by molar-refractivity contribution is 0.0660. The lowest BCUT2D eigenvalue weighted by Crippen LogP contribution is -2.36. The molecule has 0 radical (unpaired) electrons. The molecule has 1 heterocycles. The lowest BCUT2D eigenvalue weighted by atomic mass is 9.94. The fourth-order valence-electron chi connectivity index (χ4n) is 3.34. The summed E-state index contributed by atoms with van der Waals surface area (Å²) in [5.74, 6) is 0.0697. The summed E-state index contributed by atoms with van der Waals surface area (Å²) in [6.45, 7) is 0.561. The highest BCUT2D eigenvalue weighted by atomic mass is 16.2. The Morgan fingerprint density at radius 1 is 1.22 bits per heavy atom. The molecule has 0 atom stereocenters. The van der Waals surface area contributed by atoms with Crippen LogP contribution in [0.25, 0.3) is 0 Å². The van der Waals surface area contributed by atoms with E-state index in [9.17, 15) is 4.79 Å². The number of carbonyl (C=O) groups is 1. The second-order valence-electron chi connectivity index (χ2n) is 5.85. The Balaban J connectivity index is 1.84. The third-order valence-corrected chi connectivity index (χ3v) is 4.51. The van der Waals surface area contributed by atoms with Gasteiger partial charge in [-0.05, 0) is 25.0 Å².